The maximum absolute atomic E-state index is 12.8. The topological polar surface area (TPSA) is 109 Å². The van der Waals surface area contributed by atoms with Crippen LogP contribution in [-0.4, -0.2) is 37.1 Å². The molecule has 3 N–H and O–H groups in total. The third-order valence-electron chi connectivity index (χ3n) is 4.19. The molecule has 0 spiro atoms. The molecule has 0 aliphatic rings. The smallest absolute Gasteiger partial charge is 0.416 e. The maximum atomic E-state index is 12.8. The zero-order valence-electron chi connectivity index (χ0n) is 18.0. The summed E-state index contributed by atoms with van der Waals surface area (Å²) < 4.78 is 43.6. The van der Waals surface area contributed by atoms with Crippen molar-refractivity contribution >= 4 is 41.2 Å². The average Bonchev–Trinajstić information content (AvgIpc) is 2.78. The summed E-state index contributed by atoms with van der Waals surface area (Å²) in [6.07, 6.45) is -1.64. The number of ether oxygens (including phenoxy) is 1. The molecule has 0 aliphatic carbocycles. The van der Waals surface area contributed by atoms with Gasteiger partial charge in [-0.25, -0.2) is 5.43 Å². The predicted molar refractivity (Wildman–Crippen MR) is 121 cm³/mol. The Labute approximate surface area is 198 Å². The van der Waals surface area contributed by atoms with E-state index in [2.05, 4.69) is 21.2 Å². The molecule has 2 aromatic carbocycles. The van der Waals surface area contributed by atoms with Gasteiger partial charge in [-0.05, 0) is 48.4 Å². The van der Waals surface area contributed by atoms with Gasteiger partial charge in [0.25, 0.3) is 5.91 Å². The van der Waals surface area contributed by atoms with Gasteiger partial charge in [0.2, 0.25) is 0 Å². The minimum absolute atomic E-state index is 0.0258. The number of nitrogens with zero attached hydrogens (tertiary/aromatic N) is 1. The standard InChI is InChI=1S/C22H22ClF3N4O4/c1-2-3-9-27-20(32)21(33)30-28-12-14-7-8-18(17(23)10-14)34-13-19(31)29-16-6-4-5-15(11-16)22(24,25)26/h4-8,10-12H,2-3,9,13H2,1H3,(H,27,32)(H,29,31)(H,30,33)/b28-12-. The van der Waals surface area contributed by atoms with Crippen LogP contribution in [0.2, 0.25) is 5.02 Å². The fourth-order valence-corrected chi connectivity index (χ4v) is 2.75. The first kappa shape index (κ1) is 26.7. The number of rotatable bonds is 9. The van der Waals surface area contributed by atoms with Crippen LogP contribution in [-0.2, 0) is 20.6 Å². The van der Waals surface area contributed by atoms with E-state index in [-0.39, 0.29) is 16.5 Å². The summed E-state index contributed by atoms with van der Waals surface area (Å²) in [6.45, 7) is 1.85. The van der Waals surface area contributed by atoms with Crippen molar-refractivity contribution in [2.45, 2.75) is 25.9 Å². The van der Waals surface area contributed by atoms with Gasteiger partial charge in [-0.3, -0.25) is 14.4 Å². The molecular weight excluding hydrogens is 477 g/mol. The molecular formula is C22H22ClF3N4O4. The molecule has 0 saturated heterocycles. The third-order valence-corrected chi connectivity index (χ3v) is 4.49. The van der Waals surface area contributed by atoms with Gasteiger partial charge in [0.05, 0.1) is 16.8 Å². The number of halogens is 4. The number of anilines is 1. The zero-order chi connectivity index (χ0) is 25.1. The normalized spacial score (nSPS) is 11.2. The van der Waals surface area contributed by atoms with Crippen molar-refractivity contribution in [3.8, 4) is 5.75 Å². The minimum Gasteiger partial charge on any atom is -0.482 e. The van der Waals surface area contributed by atoms with Crippen molar-refractivity contribution in [1.82, 2.24) is 10.7 Å². The first-order valence-electron chi connectivity index (χ1n) is 10.1. The number of hydrogen-bond donors (Lipinski definition) is 3. The first-order chi connectivity index (χ1) is 16.1. The lowest BCUT2D eigenvalue weighted by Gasteiger charge is -2.11. The SMILES string of the molecule is CCCCNC(=O)C(=O)N/N=C\c1ccc(OCC(=O)Nc2cccc(C(F)(F)F)c2)c(Cl)c1. The molecule has 8 nitrogen and oxygen atoms in total. The van der Waals surface area contributed by atoms with Gasteiger partial charge in [0.15, 0.2) is 6.61 Å². The van der Waals surface area contributed by atoms with E-state index in [0.717, 1.165) is 25.0 Å². The van der Waals surface area contributed by atoms with Crippen LogP contribution in [0, 0.1) is 0 Å². The number of amides is 3. The summed E-state index contributed by atoms with van der Waals surface area (Å²) in [4.78, 5) is 35.2. The lowest BCUT2D eigenvalue weighted by Crippen LogP contribution is -2.38. The molecule has 3 amide bonds. The summed E-state index contributed by atoms with van der Waals surface area (Å²) >= 11 is 6.11. The highest BCUT2D eigenvalue weighted by Gasteiger charge is 2.30. The fourth-order valence-electron chi connectivity index (χ4n) is 2.50. The number of nitrogens with one attached hydrogen (secondary N) is 3. The number of alkyl halides is 3. The van der Waals surface area contributed by atoms with Crippen LogP contribution in [0.3, 0.4) is 0 Å². The summed E-state index contributed by atoms with van der Waals surface area (Å²) in [5.74, 6) is -2.24. The van der Waals surface area contributed by atoms with Gasteiger partial charge in [-0.1, -0.05) is 31.0 Å². The zero-order valence-corrected chi connectivity index (χ0v) is 18.8. The van der Waals surface area contributed by atoms with Gasteiger partial charge in [-0.15, -0.1) is 0 Å². The highest BCUT2D eigenvalue weighted by molar-refractivity contribution is 6.35. The first-order valence-corrected chi connectivity index (χ1v) is 10.5. The van der Waals surface area contributed by atoms with Crippen LogP contribution < -0.4 is 20.8 Å². The van der Waals surface area contributed by atoms with Gasteiger partial charge >= 0.3 is 18.0 Å². The summed E-state index contributed by atoms with van der Waals surface area (Å²) in [6, 6.07) is 8.62. The van der Waals surface area contributed by atoms with E-state index in [1.165, 1.54) is 36.5 Å². The molecule has 34 heavy (non-hydrogen) atoms. The fraction of sp³-hybridized carbons (Fsp3) is 0.273. The Morgan fingerprint density at radius 2 is 1.88 bits per heavy atom. The largest absolute Gasteiger partial charge is 0.482 e. The summed E-state index contributed by atoms with van der Waals surface area (Å²) in [7, 11) is 0. The van der Waals surface area contributed by atoms with Crippen LogP contribution in [0.25, 0.3) is 0 Å². The van der Waals surface area contributed by atoms with Crippen LogP contribution in [0.4, 0.5) is 18.9 Å². The van der Waals surface area contributed by atoms with E-state index in [4.69, 9.17) is 16.3 Å². The van der Waals surface area contributed by atoms with E-state index < -0.39 is 36.1 Å². The monoisotopic (exact) mass is 498 g/mol. The molecule has 2 rings (SSSR count). The maximum Gasteiger partial charge on any atom is 0.416 e. The quantitative estimate of drug-likeness (QED) is 0.212. The number of hydrazone groups is 1. The van der Waals surface area contributed by atoms with Crippen molar-refractivity contribution in [2.75, 3.05) is 18.5 Å². The van der Waals surface area contributed by atoms with E-state index in [9.17, 15) is 27.6 Å². The van der Waals surface area contributed by atoms with Crippen LogP contribution >= 0.6 is 11.6 Å². The molecule has 0 radical (unpaired) electrons. The van der Waals surface area contributed by atoms with E-state index >= 15 is 0 Å². The molecule has 0 heterocycles. The van der Waals surface area contributed by atoms with Crippen LogP contribution in [0.5, 0.6) is 5.75 Å². The Morgan fingerprint density at radius 1 is 1.12 bits per heavy atom. The molecule has 2 aromatic rings. The second-order valence-electron chi connectivity index (χ2n) is 6.91. The second kappa shape index (κ2) is 12.6. The molecule has 0 bridgehead atoms. The van der Waals surface area contributed by atoms with E-state index in [0.29, 0.717) is 12.1 Å². The van der Waals surface area contributed by atoms with Crippen molar-refractivity contribution in [3.63, 3.8) is 0 Å². The molecule has 0 aromatic heterocycles. The second-order valence-corrected chi connectivity index (χ2v) is 7.32. The molecule has 0 fully saturated rings. The Balaban J connectivity index is 1.86. The number of carbonyl (C=O) groups excluding carboxylic acids is 3. The highest BCUT2D eigenvalue weighted by atomic mass is 35.5. The lowest BCUT2D eigenvalue weighted by molar-refractivity contribution is -0.139. The molecule has 0 saturated carbocycles. The molecule has 0 unspecified atom stereocenters. The number of unbranched alkanes of at least 4 members (excludes halogenated alkanes) is 1. The average molecular weight is 499 g/mol. The van der Waals surface area contributed by atoms with Crippen molar-refractivity contribution in [2.24, 2.45) is 5.10 Å². The number of benzene rings is 2. The van der Waals surface area contributed by atoms with Crippen LogP contribution in [0.15, 0.2) is 47.6 Å². The lowest BCUT2D eigenvalue weighted by atomic mass is 10.2. The van der Waals surface area contributed by atoms with Gasteiger partial charge in [-0.2, -0.15) is 18.3 Å². The Bertz CT molecular complexity index is 1060. The molecule has 182 valence electrons. The predicted octanol–water partition coefficient (Wildman–Crippen LogP) is 3.74. The minimum atomic E-state index is -4.53. The van der Waals surface area contributed by atoms with Crippen molar-refractivity contribution in [1.29, 1.82) is 0 Å². The molecule has 0 atom stereocenters. The van der Waals surface area contributed by atoms with Crippen molar-refractivity contribution < 1.29 is 32.3 Å². The summed E-state index contributed by atoms with van der Waals surface area (Å²) in [5, 5.41) is 8.57. The van der Waals surface area contributed by atoms with E-state index in [1.54, 1.807) is 0 Å². The third kappa shape index (κ3) is 8.74. The summed E-state index contributed by atoms with van der Waals surface area (Å²) in [5.41, 5.74) is 1.64. The Kier molecular flexibility index (Phi) is 9.87. The molecule has 0 aliphatic heterocycles. The van der Waals surface area contributed by atoms with E-state index in [1.807, 2.05) is 6.92 Å². The Hall–Kier alpha value is -3.60. The van der Waals surface area contributed by atoms with Gasteiger partial charge in [0.1, 0.15) is 5.75 Å². The highest BCUT2D eigenvalue weighted by Crippen LogP contribution is 2.30. The van der Waals surface area contributed by atoms with Gasteiger partial charge in [0, 0.05) is 12.2 Å². The number of carbonyl (C=O) groups is 3. The molecule has 12 heteroatoms. The Morgan fingerprint density at radius 3 is 2.56 bits per heavy atom. The number of hydrogen-bond acceptors (Lipinski definition) is 5. The van der Waals surface area contributed by atoms with Crippen molar-refractivity contribution in [3.05, 3.63) is 58.6 Å². The van der Waals surface area contributed by atoms with Crippen LogP contribution in [0.1, 0.15) is 30.9 Å². The van der Waals surface area contributed by atoms with Gasteiger partial charge < -0.3 is 15.4 Å².